The van der Waals surface area contributed by atoms with Gasteiger partial charge in [0.2, 0.25) is 0 Å². The molecule has 7 nitrogen and oxygen atoms in total. The maximum Gasteiger partial charge on any atom is 0.251 e. The Balaban J connectivity index is 1.63. The predicted octanol–water partition coefficient (Wildman–Crippen LogP) is 3.82. The lowest BCUT2D eigenvalue weighted by molar-refractivity contribution is 0.0962. The van der Waals surface area contributed by atoms with Crippen LogP contribution in [0.25, 0.3) is 11.3 Å². The van der Waals surface area contributed by atoms with Crippen molar-refractivity contribution in [3.63, 3.8) is 0 Å². The summed E-state index contributed by atoms with van der Waals surface area (Å²) in [6.45, 7) is 4.84. The second-order valence-corrected chi connectivity index (χ2v) is 7.13. The number of carbonyl (C=O) groups excluding carboxylic acids is 1. The molecule has 2 heterocycles. The molecule has 0 aliphatic carbocycles. The van der Waals surface area contributed by atoms with Crippen molar-refractivity contribution in [2.75, 3.05) is 26.0 Å². The number of nitrogens with zero attached hydrogens (tertiary/aromatic N) is 3. The van der Waals surface area contributed by atoms with E-state index in [1.807, 2.05) is 43.5 Å². The van der Waals surface area contributed by atoms with Crippen molar-refractivity contribution in [3.8, 4) is 17.0 Å². The molecule has 2 aromatic heterocycles. The van der Waals surface area contributed by atoms with Gasteiger partial charge in [-0.3, -0.25) is 9.78 Å². The van der Waals surface area contributed by atoms with E-state index < -0.39 is 0 Å². The van der Waals surface area contributed by atoms with Gasteiger partial charge in [-0.2, -0.15) is 0 Å². The highest BCUT2D eigenvalue weighted by molar-refractivity contribution is 5.94. The number of anilines is 1. The zero-order valence-electron chi connectivity index (χ0n) is 17.8. The molecule has 1 atom stereocenters. The third-order valence-corrected chi connectivity index (χ3v) is 5.01. The topological polar surface area (TPSA) is 89.0 Å². The number of hydrogen-bond donors (Lipinski definition) is 2. The summed E-state index contributed by atoms with van der Waals surface area (Å²) in [7, 11) is 3.24. The number of nitrogens with one attached hydrogen (secondary N) is 2. The first-order valence-electron chi connectivity index (χ1n) is 9.90. The van der Waals surface area contributed by atoms with Crippen molar-refractivity contribution < 1.29 is 9.53 Å². The Morgan fingerprint density at radius 2 is 1.97 bits per heavy atom. The Morgan fingerprint density at radius 3 is 2.67 bits per heavy atom. The second kappa shape index (κ2) is 9.82. The number of hydrogen-bond acceptors (Lipinski definition) is 6. The second-order valence-electron chi connectivity index (χ2n) is 7.13. The summed E-state index contributed by atoms with van der Waals surface area (Å²) in [5.74, 6) is 1.61. The number of amides is 1. The van der Waals surface area contributed by atoms with Crippen LogP contribution in [0.3, 0.4) is 0 Å². The minimum absolute atomic E-state index is 0.127. The lowest BCUT2D eigenvalue weighted by atomic mass is 9.95. The lowest BCUT2D eigenvalue weighted by Gasteiger charge is -2.17. The molecular formula is C23H27N5O2. The molecule has 1 unspecified atom stereocenters. The molecule has 30 heavy (non-hydrogen) atoms. The summed E-state index contributed by atoms with van der Waals surface area (Å²) in [5.41, 5.74) is 4.42. The minimum Gasteiger partial charge on any atom is -0.496 e. The smallest absolute Gasteiger partial charge is 0.251 e. The van der Waals surface area contributed by atoms with E-state index in [9.17, 15) is 4.79 Å². The normalized spacial score (nSPS) is 11.6. The molecular weight excluding hydrogens is 378 g/mol. The molecule has 7 heteroatoms. The van der Waals surface area contributed by atoms with Gasteiger partial charge in [0, 0.05) is 42.7 Å². The fraction of sp³-hybridized carbons (Fsp3) is 0.304. The van der Waals surface area contributed by atoms with E-state index in [0.717, 1.165) is 47.0 Å². The molecule has 0 aliphatic rings. The van der Waals surface area contributed by atoms with Crippen LogP contribution in [0.15, 0.2) is 48.9 Å². The van der Waals surface area contributed by atoms with Gasteiger partial charge in [-0.25, -0.2) is 9.97 Å². The standard InChI is InChI=1S/C23H27N5O2/c1-15(19-8-7-17(23(29)24-3)11-21(19)30-4)9-10-25-22-12-20(27-14-28-22)18-6-5-16(2)26-13-18/h5-8,11-15H,9-10H2,1-4H3,(H,24,29)(H,25,27,28). The van der Waals surface area contributed by atoms with E-state index >= 15 is 0 Å². The van der Waals surface area contributed by atoms with E-state index in [2.05, 4.69) is 32.5 Å². The zero-order valence-corrected chi connectivity index (χ0v) is 17.8. The molecule has 0 radical (unpaired) electrons. The van der Waals surface area contributed by atoms with Crippen molar-refractivity contribution in [1.29, 1.82) is 0 Å². The monoisotopic (exact) mass is 405 g/mol. The van der Waals surface area contributed by atoms with E-state index in [4.69, 9.17) is 4.74 Å². The molecule has 0 bridgehead atoms. The first-order chi connectivity index (χ1) is 14.5. The molecule has 0 saturated heterocycles. The summed E-state index contributed by atoms with van der Waals surface area (Å²) in [6, 6.07) is 11.5. The maximum absolute atomic E-state index is 11.8. The van der Waals surface area contributed by atoms with E-state index in [0.29, 0.717) is 5.56 Å². The number of pyridine rings is 1. The summed E-state index contributed by atoms with van der Waals surface area (Å²) in [6.07, 6.45) is 4.25. The molecule has 0 aliphatic heterocycles. The van der Waals surface area contributed by atoms with Crippen LogP contribution in [-0.4, -0.2) is 41.6 Å². The van der Waals surface area contributed by atoms with E-state index in [1.165, 1.54) is 0 Å². The number of aryl methyl sites for hydroxylation is 1. The van der Waals surface area contributed by atoms with Crippen LogP contribution in [0.5, 0.6) is 5.75 Å². The number of aromatic nitrogens is 3. The summed E-state index contributed by atoms with van der Waals surface area (Å²) >= 11 is 0. The summed E-state index contributed by atoms with van der Waals surface area (Å²) in [4.78, 5) is 24.8. The fourth-order valence-electron chi connectivity index (χ4n) is 3.21. The van der Waals surface area contributed by atoms with Crippen molar-refractivity contribution in [2.24, 2.45) is 0 Å². The van der Waals surface area contributed by atoms with Crippen LogP contribution in [0.1, 0.15) is 40.9 Å². The molecule has 156 valence electrons. The number of methoxy groups -OCH3 is 1. The van der Waals surface area contributed by atoms with Crippen LogP contribution in [-0.2, 0) is 0 Å². The molecule has 1 amide bonds. The Morgan fingerprint density at radius 1 is 1.13 bits per heavy atom. The molecule has 3 rings (SSSR count). The first kappa shape index (κ1) is 21.2. The third kappa shape index (κ3) is 5.11. The maximum atomic E-state index is 11.8. The number of carbonyl (C=O) groups is 1. The average molecular weight is 406 g/mol. The van der Waals surface area contributed by atoms with Crippen LogP contribution in [0.2, 0.25) is 0 Å². The minimum atomic E-state index is -0.127. The highest BCUT2D eigenvalue weighted by atomic mass is 16.5. The Labute approximate surface area is 176 Å². The van der Waals surface area contributed by atoms with Gasteiger partial charge in [-0.1, -0.05) is 13.0 Å². The Hall–Kier alpha value is -3.48. The van der Waals surface area contributed by atoms with Crippen LogP contribution in [0.4, 0.5) is 5.82 Å². The van der Waals surface area contributed by atoms with Gasteiger partial charge in [0.1, 0.15) is 17.9 Å². The van der Waals surface area contributed by atoms with Crippen LogP contribution >= 0.6 is 0 Å². The van der Waals surface area contributed by atoms with Crippen molar-refractivity contribution in [1.82, 2.24) is 20.3 Å². The van der Waals surface area contributed by atoms with Gasteiger partial charge in [0.05, 0.1) is 12.8 Å². The van der Waals surface area contributed by atoms with Gasteiger partial charge < -0.3 is 15.4 Å². The third-order valence-electron chi connectivity index (χ3n) is 5.01. The molecule has 3 aromatic rings. The molecule has 1 aromatic carbocycles. The first-order valence-corrected chi connectivity index (χ1v) is 9.90. The molecule has 0 saturated carbocycles. The number of benzene rings is 1. The van der Waals surface area contributed by atoms with Crippen LogP contribution < -0.4 is 15.4 Å². The van der Waals surface area contributed by atoms with Gasteiger partial charge in [-0.15, -0.1) is 0 Å². The largest absolute Gasteiger partial charge is 0.496 e. The van der Waals surface area contributed by atoms with Gasteiger partial charge in [0.25, 0.3) is 5.91 Å². The van der Waals surface area contributed by atoms with E-state index in [-0.39, 0.29) is 11.8 Å². The SMILES string of the molecule is CNC(=O)c1ccc(C(C)CCNc2cc(-c3ccc(C)nc3)ncn2)c(OC)c1. The lowest BCUT2D eigenvalue weighted by Crippen LogP contribution is -2.18. The molecule has 0 spiro atoms. The highest BCUT2D eigenvalue weighted by Crippen LogP contribution is 2.30. The number of rotatable bonds is 8. The highest BCUT2D eigenvalue weighted by Gasteiger charge is 2.14. The van der Waals surface area contributed by atoms with Crippen molar-refractivity contribution >= 4 is 11.7 Å². The predicted molar refractivity (Wildman–Crippen MR) is 118 cm³/mol. The average Bonchev–Trinajstić information content (AvgIpc) is 2.78. The summed E-state index contributed by atoms with van der Waals surface area (Å²) < 4.78 is 5.51. The van der Waals surface area contributed by atoms with Crippen molar-refractivity contribution in [3.05, 3.63) is 65.7 Å². The Bertz CT molecular complexity index is 1000. The summed E-state index contributed by atoms with van der Waals surface area (Å²) in [5, 5.41) is 6.00. The van der Waals surface area contributed by atoms with Gasteiger partial charge in [-0.05, 0) is 49.1 Å². The Kier molecular flexibility index (Phi) is 6.95. The van der Waals surface area contributed by atoms with E-state index in [1.54, 1.807) is 26.6 Å². The molecule has 0 fully saturated rings. The van der Waals surface area contributed by atoms with Crippen molar-refractivity contribution in [2.45, 2.75) is 26.2 Å². The number of ether oxygens (including phenoxy) is 1. The molecule has 2 N–H and O–H groups in total. The zero-order chi connectivity index (χ0) is 21.5. The quantitative estimate of drug-likeness (QED) is 0.592. The van der Waals surface area contributed by atoms with Gasteiger partial charge in [0.15, 0.2) is 0 Å². The van der Waals surface area contributed by atoms with Crippen LogP contribution in [0, 0.1) is 6.92 Å². The fourth-order valence-corrected chi connectivity index (χ4v) is 3.21. The van der Waals surface area contributed by atoms with Gasteiger partial charge >= 0.3 is 0 Å².